The third-order valence-electron chi connectivity index (χ3n) is 2.89. The highest BCUT2D eigenvalue weighted by Gasteiger charge is 2.14. The second kappa shape index (κ2) is 5.37. The van der Waals surface area contributed by atoms with Crippen LogP contribution in [0, 0.1) is 0 Å². The lowest BCUT2D eigenvalue weighted by Crippen LogP contribution is -2.21. The Morgan fingerprint density at radius 3 is 2.76 bits per heavy atom. The number of methoxy groups -OCH3 is 1. The minimum absolute atomic E-state index is 0.307. The molecule has 0 aliphatic carbocycles. The molecule has 0 radical (unpaired) electrons. The van der Waals surface area contributed by atoms with Gasteiger partial charge in [0.1, 0.15) is 11.2 Å². The number of hydrogen-bond acceptors (Lipinski definition) is 5. The van der Waals surface area contributed by atoms with Crippen LogP contribution in [0.25, 0.3) is 11.0 Å². The number of aromatic nitrogens is 2. The van der Waals surface area contributed by atoms with E-state index in [9.17, 15) is 9.59 Å². The van der Waals surface area contributed by atoms with Crippen molar-refractivity contribution < 1.29 is 14.3 Å². The third kappa shape index (κ3) is 2.50. The van der Waals surface area contributed by atoms with Crippen molar-refractivity contribution in [3.8, 4) is 0 Å². The van der Waals surface area contributed by atoms with Crippen LogP contribution in [-0.2, 0) is 4.74 Å². The minimum atomic E-state index is -0.452. The summed E-state index contributed by atoms with van der Waals surface area (Å²) in [4.78, 5) is 28.6. The lowest BCUT2D eigenvalue weighted by molar-refractivity contribution is 0.0606. The molecule has 0 saturated carbocycles. The van der Waals surface area contributed by atoms with Crippen LogP contribution in [0.4, 0.5) is 0 Å². The summed E-state index contributed by atoms with van der Waals surface area (Å²) < 4.78 is 6.17. The molecule has 2 aromatic heterocycles. The van der Waals surface area contributed by atoms with E-state index in [0.717, 1.165) is 22.4 Å². The van der Waals surface area contributed by atoms with E-state index in [2.05, 4.69) is 15.1 Å². The Hall–Kier alpha value is -2.67. The van der Waals surface area contributed by atoms with Gasteiger partial charge in [-0.25, -0.2) is 14.5 Å². The number of thiophene rings is 1. The monoisotopic (exact) mass is 301 g/mol. The number of amides is 1. The molecule has 0 atom stereocenters. The van der Waals surface area contributed by atoms with Gasteiger partial charge in [0.05, 0.1) is 23.0 Å². The first-order valence-corrected chi connectivity index (χ1v) is 6.92. The normalized spacial score (nSPS) is 10.5. The maximum absolute atomic E-state index is 12.2. The zero-order chi connectivity index (χ0) is 14.8. The molecular formula is C14H11N3O3S. The van der Waals surface area contributed by atoms with Crippen molar-refractivity contribution in [1.29, 1.82) is 0 Å². The lowest BCUT2D eigenvalue weighted by Gasteiger charge is -2.05. The fourth-order valence-electron chi connectivity index (χ4n) is 1.88. The number of ether oxygens (including phenoxy) is 1. The van der Waals surface area contributed by atoms with E-state index < -0.39 is 5.97 Å². The van der Waals surface area contributed by atoms with E-state index >= 15 is 0 Å². The fourth-order valence-corrected chi connectivity index (χ4v) is 2.70. The second-order valence-corrected chi connectivity index (χ2v) is 5.28. The molecule has 1 aromatic carbocycles. The highest BCUT2D eigenvalue weighted by atomic mass is 32.1. The number of nitrogens with zero attached hydrogens (tertiary/aromatic N) is 2. The number of esters is 1. The highest BCUT2D eigenvalue weighted by Crippen LogP contribution is 2.18. The van der Waals surface area contributed by atoms with Crippen LogP contribution >= 0.6 is 11.3 Å². The predicted octanol–water partition coefficient (Wildman–Crippen LogP) is 2.27. The number of para-hydroxylation sites is 2. The average molecular weight is 301 g/mol. The highest BCUT2D eigenvalue weighted by molar-refractivity contribution is 7.15. The van der Waals surface area contributed by atoms with Crippen LogP contribution in [0.1, 0.15) is 19.3 Å². The molecule has 0 aliphatic rings. The number of rotatable bonds is 3. The first kappa shape index (κ1) is 13.3. The van der Waals surface area contributed by atoms with Crippen LogP contribution in [-0.4, -0.2) is 28.6 Å². The largest absolute Gasteiger partial charge is 0.465 e. The maximum Gasteiger partial charge on any atom is 0.348 e. The summed E-state index contributed by atoms with van der Waals surface area (Å²) in [5, 5.41) is 0. The zero-order valence-corrected chi connectivity index (χ0v) is 11.9. The van der Waals surface area contributed by atoms with E-state index in [4.69, 9.17) is 0 Å². The predicted molar refractivity (Wildman–Crippen MR) is 79.1 cm³/mol. The van der Waals surface area contributed by atoms with Crippen LogP contribution in [0.15, 0.2) is 42.7 Å². The Morgan fingerprint density at radius 1 is 1.19 bits per heavy atom. The summed E-state index contributed by atoms with van der Waals surface area (Å²) in [5.41, 5.74) is 4.32. The number of benzene rings is 1. The van der Waals surface area contributed by atoms with Gasteiger partial charge in [-0.15, -0.1) is 11.3 Å². The Bertz CT molecular complexity index is 822. The standard InChI is InChI=1S/C14H11N3O3S/c1-20-14(19)12-7-6-11(21-12)13(18)16-17-8-15-9-4-2-3-5-10(9)17/h2-8H,1H3,(H,16,18). The van der Waals surface area contributed by atoms with Crippen LogP contribution in [0.3, 0.4) is 0 Å². The second-order valence-electron chi connectivity index (χ2n) is 4.20. The van der Waals surface area contributed by atoms with Crippen LogP contribution in [0.5, 0.6) is 0 Å². The van der Waals surface area contributed by atoms with Crippen molar-refractivity contribution in [3.05, 3.63) is 52.5 Å². The summed E-state index contributed by atoms with van der Waals surface area (Å²) in [7, 11) is 1.30. The van der Waals surface area contributed by atoms with Gasteiger partial charge in [-0.2, -0.15) is 0 Å². The van der Waals surface area contributed by atoms with Gasteiger partial charge < -0.3 is 4.74 Å². The Labute approximate surface area is 124 Å². The van der Waals surface area contributed by atoms with E-state index in [1.54, 1.807) is 16.8 Å². The van der Waals surface area contributed by atoms with Gasteiger partial charge in [0.2, 0.25) is 0 Å². The van der Waals surface area contributed by atoms with Gasteiger partial charge in [-0.3, -0.25) is 10.2 Å². The number of hydrogen-bond donors (Lipinski definition) is 1. The molecule has 0 spiro atoms. The molecule has 21 heavy (non-hydrogen) atoms. The summed E-state index contributed by atoms with van der Waals surface area (Å²) >= 11 is 1.08. The molecule has 0 aliphatic heterocycles. The molecule has 0 bridgehead atoms. The molecule has 0 unspecified atom stereocenters. The van der Waals surface area contributed by atoms with Gasteiger partial charge >= 0.3 is 5.97 Å². The summed E-state index contributed by atoms with van der Waals surface area (Å²) in [6.45, 7) is 0. The molecule has 2 heterocycles. The van der Waals surface area contributed by atoms with E-state index in [0.29, 0.717) is 9.75 Å². The van der Waals surface area contributed by atoms with Crippen molar-refractivity contribution in [2.24, 2.45) is 0 Å². The SMILES string of the molecule is COC(=O)c1ccc(C(=O)Nn2cnc3ccccc32)s1. The Kier molecular flexibility index (Phi) is 3.41. The number of fused-ring (bicyclic) bond motifs is 1. The average Bonchev–Trinajstić information content (AvgIpc) is 3.14. The van der Waals surface area contributed by atoms with Gasteiger partial charge in [0.25, 0.3) is 5.91 Å². The summed E-state index contributed by atoms with van der Waals surface area (Å²) in [5.74, 6) is -0.759. The number of imidazole rings is 1. The molecule has 0 fully saturated rings. The van der Waals surface area contributed by atoms with Crippen molar-refractivity contribution >= 4 is 34.2 Å². The molecule has 1 amide bonds. The Morgan fingerprint density at radius 2 is 1.95 bits per heavy atom. The first-order chi connectivity index (χ1) is 10.2. The summed E-state index contributed by atoms with van der Waals surface area (Å²) in [6, 6.07) is 10.6. The molecule has 1 N–H and O–H groups in total. The number of carbonyl (C=O) groups excluding carboxylic acids is 2. The smallest absolute Gasteiger partial charge is 0.348 e. The molecule has 3 rings (SSSR count). The molecule has 0 saturated heterocycles. The lowest BCUT2D eigenvalue weighted by atomic mass is 10.3. The molecule has 6 nitrogen and oxygen atoms in total. The van der Waals surface area contributed by atoms with Gasteiger partial charge in [-0.05, 0) is 24.3 Å². The van der Waals surface area contributed by atoms with Gasteiger partial charge in [-0.1, -0.05) is 12.1 Å². The van der Waals surface area contributed by atoms with Crippen molar-refractivity contribution in [3.63, 3.8) is 0 Å². The zero-order valence-electron chi connectivity index (χ0n) is 11.1. The topological polar surface area (TPSA) is 73.2 Å². The van der Waals surface area contributed by atoms with Crippen LogP contribution in [0.2, 0.25) is 0 Å². The molecule has 3 aromatic rings. The van der Waals surface area contributed by atoms with E-state index in [1.165, 1.54) is 13.4 Å². The Balaban J connectivity index is 1.83. The maximum atomic E-state index is 12.2. The first-order valence-electron chi connectivity index (χ1n) is 6.10. The van der Waals surface area contributed by atoms with Gasteiger partial charge in [0, 0.05) is 0 Å². The van der Waals surface area contributed by atoms with Crippen molar-refractivity contribution in [2.75, 3.05) is 12.5 Å². The molecule has 7 heteroatoms. The number of nitrogens with one attached hydrogen (secondary N) is 1. The van der Waals surface area contributed by atoms with Crippen molar-refractivity contribution in [1.82, 2.24) is 9.66 Å². The third-order valence-corrected chi connectivity index (χ3v) is 3.96. The van der Waals surface area contributed by atoms with Gasteiger partial charge in [0.15, 0.2) is 0 Å². The molecular weight excluding hydrogens is 290 g/mol. The quantitative estimate of drug-likeness (QED) is 0.753. The minimum Gasteiger partial charge on any atom is -0.465 e. The van der Waals surface area contributed by atoms with E-state index in [-0.39, 0.29) is 5.91 Å². The van der Waals surface area contributed by atoms with Crippen LogP contribution < -0.4 is 5.43 Å². The summed E-state index contributed by atoms with van der Waals surface area (Å²) in [6.07, 6.45) is 1.54. The molecule has 106 valence electrons. The number of carbonyl (C=O) groups is 2. The van der Waals surface area contributed by atoms with Crippen molar-refractivity contribution in [2.45, 2.75) is 0 Å². The fraction of sp³-hybridized carbons (Fsp3) is 0.0714. The van der Waals surface area contributed by atoms with E-state index in [1.807, 2.05) is 24.3 Å².